The standard InChI is InChI=1S/C24H30N4O4/c1-4-16-9-8-12-18(13-16)28-21(29)20-14-19(22(30)32-3)26-27(20)15-24(28,2)23(31)25-17-10-6-5-7-11-17/h8-9,12-14,17H,4-7,10-11,15H2,1-3H3,(H,25,31)/t24-/m0/s1. The van der Waals surface area contributed by atoms with Gasteiger partial charge in [-0.05, 0) is 43.9 Å². The predicted octanol–water partition coefficient (Wildman–Crippen LogP) is 3.10. The van der Waals surface area contributed by atoms with E-state index in [1.54, 1.807) is 11.8 Å². The third kappa shape index (κ3) is 3.89. The first kappa shape index (κ1) is 22.0. The molecule has 2 heterocycles. The maximum Gasteiger partial charge on any atom is 0.358 e. The Balaban J connectivity index is 1.76. The van der Waals surface area contributed by atoms with Crippen LogP contribution in [0.5, 0.6) is 0 Å². The molecule has 8 nitrogen and oxygen atoms in total. The minimum atomic E-state index is -1.20. The lowest BCUT2D eigenvalue weighted by atomic mass is 9.91. The molecule has 1 aliphatic heterocycles. The van der Waals surface area contributed by atoms with Crippen LogP contribution < -0.4 is 10.2 Å². The van der Waals surface area contributed by atoms with Gasteiger partial charge in [0.25, 0.3) is 5.91 Å². The second kappa shape index (κ2) is 8.76. The Labute approximate surface area is 187 Å². The Morgan fingerprint density at radius 3 is 2.66 bits per heavy atom. The quantitative estimate of drug-likeness (QED) is 0.724. The van der Waals surface area contributed by atoms with Crippen LogP contribution in [0.3, 0.4) is 0 Å². The van der Waals surface area contributed by atoms with E-state index in [2.05, 4.69) is 10.4 Å². The molecule has 2 aromatic rings. The molecule has 2 amide bonds. The Bertz CT molecular complexity index is 1040. The molecule has 0 saturated heterocycles. The molecule has 0 bridgehead atoms. The van der Waals surface area contributed by atoms with Crippen molar-refractivity contribution in [3.8, 4) is 0 Å². The first-order valence-electron chi connectivity index (χ1n) is 11.3. The number of aromatic nitrogens is 2. The highest BCUT2D eigenvalue weighted by Crippen LogP contribution is 2.34. The maximum absolute atomic E-state index is 13.7. The molecular formula is C24H30N4O4. The van der Waals surface area contributed by atoms with Crippen molar-refractivity contribution in [2.24, 2.45) is 0 Å². The Kier molecular flexibility index (Phi) is 6.04. The third-order valence-corrected chi connectivity index (χ3v) is 6.55. The Morgan fingerprint density at radius 2 is 1.97 bits per heavy atom. The van der Waals surface area contributed by atoms with Gasteiger partial charge < -0.3 is 10.1 Å². The van der Waals surface area contributed by atoms with Gasteiger partial charge in [-0.1, -0.05) is 38.3 Å². The normalized spacial score (nSPS) is 21.2. The number of amides is 2. The molecule has 1 aromatic carbocycles. The molecule has 8 heteroatoms. The molecule has 32 heavy (non-hydrogen) atoms. The summed E-state index contributed by atoms with van der Waals surface area (Å²) < 4.78 is 6.23. The number of carbonyl (C=O) groups is 3. The van der Waals surface area contributed by atoms with E-state index in [4.69, 9.17) is 4.74 Å². The molecule has 0 radical (unpaired) electrons. The first-order chi connectivity index (χ1) is 15.4. The van der Waals surface area contributed by atoms with Gasteiger partial charge >= 0.3 is 5.97 Å². The van der Waals surface area contributed by atoms with Crippen LogP contribution in [0.4, 0.5) is 5.69 Å². The lowest BCUT2D eigenvalue weighted by molar-refractivity contribution is -0.127. The average molecular weight is 439 g/mol. The van der Waals surface area contributed by atoms with Gasteiger partial charge in [0.1, 0.15) is 11.2 Å². The number of carbonyl (C=O) groups excluding carboxylic acids is 3. The molecular weight excluding hydrogens is 408 g/mol. The zero-order chi connectivity index (χ0) is 22.9. The van der Waals surface area contributed by atoms with Crippen molar-refractivity contribution >= 4 is 23.5 Å². The minimum absolute atomic E-state index is 0.0510. The zero-order valence-electron chi connectivity index (χ0n) is 18.9. The van der Waals surface area contributed by atoms with Gasteiger partial charge in [-0.25, -0.2) is 4.79 Å². The molecule has 0 spiro atoms. The SMILES string of the molecule is CCc1cccc(N2C(=O)c3cc(C(=O)OC)nn3C[C@@]2(C)C(=O)NC2CCCCC2)c1. The number of aryl methyl sites for hydroxylation is 1. The van der Waals surface area contributed by atoms with Crippen LogP contribution in [0.15, 0.2) is 30.3 Å². The molecule has 1 saturated carbocycles. The minimum Gasteiger partial charge on any atom is -0.464 e. The van der Waals surface area contributed by atoms with Crippen molar-refractivity contribution in [3.63, 3.8) is 0 Å². The van der Waals surface area contributed by atoms with Crippen molar-refractivity contribution in [1.29, 1.82) is 0 Å². The molecule has 0 unspecified atom stereocenters. The van der Waals surface area contributed by atoms with E-state index >= 15 is 0 Å². The lowest BCUT2D eigenvalue weighted by Crippen LogP contribution is -2.65. The van der Waals surface area contributed by atoms with E-state index in [9.17, 15) is 14.4 Å². The number of benzene rings is 1. The monoisotopic (exact) mass is 438 g/mol. The number of ether oxygens (including phenoxy) is 1. The fourth-order valence-electron chi connectivity index (χ4n) is 4.69. The summed E-state index contributed by atoms with van der Waals surface area (Å²) >= 11 is 0. The van der Waals surface area contributed by atoms with E-state index in [0.717, 1.165) is 37.7 Å². The maximum atomic E-state index is 13.7. The van der Waals surface area contributed by atoms with Crippen molar-refractivity contribution in [3.05, 3.63) is 47.3 Å². The van der Waals surface area contributed by atoms with E-state index in [1.807, 2.05) is 31.2 Å². The summed E-state index contributed by atoms with van der Waals surface area (Å²) in [4.78, 5) is 40.9. The Hall–Kier alpha value is -3.16. The van der Waals surface area contributed by atoms with Crippen LogP contribution in [0.1, 0.15) is 72.5 Å². The second-order valence-corrected chi connectivity index (χ2v) is 8.81. The van der Waals surface area contributed by atoms with Gasteiger partial charge in [-0.2, -0.15) is 5.10 Å². The zero-order valence-corrected chi connectivity index (χ0v) is 18.9. The van der Waals surface area contributed by atoms with E-state index in [1.165, 1.54) is 24.3 Å². The highest BCUT2D eigenvalue weighted by molar-refractivity contribution is 6.12. The third-order valence-electron chi connectivity index (χ3n) is 6.55. The summed E-state index contributed by atoms with van der Waals surface area (Å²) in [7, 11) is 1.27. The molecule has 2 aliphatic rings. The number of anilines is 1. The number of rotatable bonds is 5. The van der Waals surface area contributed by atoms with E-state index in [0.29, 0.717) is 5.69 Å². The van der Waals surface area contributed by atoms with Crippen LogP contribution in [0.2, 0.25) is 0 Å². The van der Waals surface area contributed by atoms with E-state index < -0.39 is 11.5 Å². The lowest BCUT2D eigenvalue weighted by Gasteiger charge is -2.44. The van der Waals surface area contributed by atoms with Crippen molar-refractivity contribution in [2.45, 2.75) is 70.5 Å². The highest BCUT2D eigenvalue weighted by Gasteiger charge is 2.49. The summed E-state index contributed by atoms with van der Waals surface area (Å²) in [6.45, 7) is 3.95. The van der Waals surface area contributed by atoms with Gasteiger partial charge in [0.15, 0.2) is 5.69 Å². The first-order valence-corrected chi connectivity index (χ1v) is 11.3. The van der Waals surface area contributed by atoms with Crippen LogP contribution in [-0.4, -0.2) is 46.3 Å². The van der Waals surface area contributed by atoms with Crippen LogP contribution >= 0.6 is 0 Å². The van der Waals surface area contributed by atoms with Crippen LogP contribution in [0.25, 0.3) is 0 Å². The number of nitrogens with zero attached hydrogens (tertiary/aromatic N) is 3. The molecule has 170 valence electrons. The number of methoxy groups -OCH3 is 1. The number of esters is 1. The summed E-state index contributed by atoms with van der Waals surface area (Å²) in [6.07, 6.45) is 6.07. The van der Waals surface area contributed by atoms with E-state index in [-0.39, 0.29) is 35.8 Å². The van der Waals surface area contributed by atoms with Crippen LogP contribution in [-0.2, 0) is 22.5 Å². The summed E-state index contributed by atoms with van der Waals surface area (Å²) in [5.41, 5.74) is 0.834. The van der Waals surface area contributed by atoms with Crippen molar-refractivity contribution < 1.29 is 19.1 Å². The van der Waals surface area contributed by atoms with Gasteiger partial charge in [-0.15, -0.1) is 0 Å². The summed E-state index contributed by atoms with van der Waals surface area (Å²) in [5, 5.41) is 7.46. The molecule has 1 aromatic heterocycles. The topological polar surface area (TPSA) is 93.5 Å². The molecule has 1 N–H and O–H groups in total. The molecule has 1 atom stereocenters. The molecule has 1 fully saturated rings. The number of hydrogen-bond donors (Lipinski definition) is 1. The van der Waals surface area contributed by atoms with Crippen LogP contribution in [0, 0.1) is 0 Å². The van der Waals surface area contributed by atoms with Gasteiger partial charge in [0.05, 0.1) is 13.7 Å². The average Bonchev–Trinajstić information content (AvgIpc) is 3.23. The summed E-state index contributed by atoms with van der Waals surface area (Å²) in [5.74, 6) is -1.19. The van der Waals surface area contributed by atoms with Gasteiger partial charge in [0, 0.05) is 17.8 Å². The largest absolute Gasteiger partial charge is 0.464 e. The smallest absolute Gasteiger partial charge is 0.358 e. The van der Waals surface area contributed by atoms with Crippen molar-refractivity contribution in [1.82, 2.24) is 15.1 Å². The van der Waals surface area contributed by atoms with Gasteiger partial charge in [-0.3, -0.25) is 19.2 Å². The Morgan fingerprint density at radius 1 is 1.22 bits per heavy atom. The molecule has 1 aliphatic carbocycles. The fraction of sp³-hybridized carbons (Fsp3) is 0.500. The fourth-order valence-corrected chi connectivity index (χ4v) is 4.69. The van der Waals surface area contributed by atoms with Crippen molar-refractivity contribution in [2.75, 3.05) is 12.0 Å². The number of nitrogens with one attached hydrogen (secondary N) is 1. The summed E-state index contributed by atoms with van der Waals surface area (Å²) in [6, 6.07) is 9.22. The molecule has 4 rings (SSSR count). The number of hydrogen-bond acceptors (Lipinski definition) is 5. The highest BCUT2D eigenvalue weighted by atomic mass is 16.5. The second-order valence-electron chi connectivity index (χ2n) is 8.81. The van der Waals surface area contributed by atoms with Gasteiger partial charge in [0.2, 0.25) is 5.91 Å². The number of fused-ring (bicyclic) bond motifs is 1. The predicted molar refractivity (Wildman–Crippen MR) is 120 cm³/mol.